The van der Waals surface area contributed by atoms with E-state index in [0.717, 1.165) is 12.8 Å². The van der Waals surface area contributed by atoms with E-state index in [4.69, 9.17) is 14.6 Å². The molecule has 1 saturated heterocycles. The van der Waals surface area contributed by atoms with Gasteiger partial charge in [-0.15, -0.1) is 0 Å². The zero-order chi connectivity index (χ0) is 20.5. The summed E-state index contributed by atoms with van der Waals surface area (Å²) in [6, 6.07) is 0. The highest BCUT2D eigenvalue weighted by Crippen LogP contribution is 2.20. The second-order valence-corrected chi connectivity index (χ2v) is 8.12. The van der Waals surface area contributed by atoms with E-state index in [0.29, 0.717) is 0 Å². The zero-order valence-corrected chi connectivity index (χ0v) is 17.9. The fourth-order valence-corrected chi connectivity index (χ4v) is 3.68. The van der Waals surface area contributed by atoms with Gasteiger partial charge in [0.15, 0.2) is 0 Å². The third-order valence-corrected chi connectivity index (χ3v) is 5.56. The van der Waals surface area contributed by atoms with Gasteiger partial charge in [-0.25, -0.2) is 0 Å². The molecule has 0 aromatic rings. The van der Waals surface area contributed by atoms with Crippen LogP contribution in [0.4, 0.5) is 0 Å². The lowest BCUT2D eigenvalue weighted by Crippen LogP contribution is -2.40. The molecule has 0 amide bonds. The Hall–Kier alpha value is -0.620. The number of hydrogen-bond acceptors (Lipinski definition) is 5. The Morgan fingerprint density at radius 1 is 0.929 bits per heavy atom. The predicted octanol–water partition coefficient (Wildman–Crippen LogP) is 4.48. The van der Waals surface area contributed by atoms with Crippen LogP contribution in [0.2, 0.25) is 0 Å². The van der Waals surface area contributed by atoms with Gasteiger partial charge in [0.1, 0.15) is 24.4 Å². The van der Waals surface area contributed by atoms with Crippen molar-refractivity contribution in [2.45, 2.75) is 121 Å². The molecular weight excluding hydrogens is 356 g/mol. The van der Waals surface area contributed by atoms with Gasteiger partial charge in [-0.1, -0.05) is 84.0 Å². The highest BCUT2D eigenvalue weighted by atomic mass is 16.6. The van der Waals surface area contributed by atoms with E-state index >= 15 is 0 Å². The smallest absolute Gasteiger partial charge is 0.149 e. The Balaban J connectivity index is 1.86. The van der Waals surface area contributed by atoms with Crippen LogP contribution in [0.1, 0.15) is 96.8 Å². The van der Waals surface area contributed by atoms with Crippen LogP contribution in [0.3, 0.4) is 0 Å². The minimum atomic E-state index is -1.07. The molecule has 0 aromatic carbocycles. The van der Waals surface area contributed by atoms with E-state index in [1.54, 1.807) is 6.26 Å². The summed E-state index contributed by atoms with van der Waals surface area (Å²) in [4.78, 5) is 0. The molecule has 0 aromatic heterocycles. The molecule has 0 aliphatic carbocycles. The number of hydrogen-bond donors (Lipinski definition) is 3. The molecule has 0 bridgehead atoms. The summed E-state index contributed by atoms with van der Waals surface area (Å²) >= 11 is 0. The lowest BCUT2D eigenvalue weighted by molar-refractivity contribution is -0.0689. The van der Waals surface area contributed by atoms with E-state index in [1.165, 1.54) is 77.0 Å². The first kappa shape index (κ1) is 25.4. The number of aliphatic hydroxyl groups is 3. The van der Waals surface area contributed by atoms with E-state index < -0.39 is 31.0 Å². The molecule has 0 saturated carbocycles. The van der Waals surface area contributed by atoms with Gasteiger partial charge in [0.25, 0.3) is 0 Å². The number of allylic oxidation sites excluding steroid dienone is 1. The van der Waals surface area contributed by atoms with E-state index in [1.807, 2.05) is 6.08 Å². The van der Waals surface area contributed by atoms with Crippen molar-refractivity contribution in [1.82, 2.24) is 0 Å². The topological polar surface area (TPSA) is 79.2 Å². The van der Waals surface area contributed by atoms with Crippen LogP contribution in [0.5, 0.6) is 0 Å². The van der Waals surface area contributed by atoms with Crippen molar-refractivity contribution in [2.24, 2.45) is 0 Å². The highest BCUT2D eigenvalue weighted by Gasteiger charge is 2.40. The van der Waals surface area contributed by atoms with Gasteiger partial charge in [0, 0.05) is 0 Å². The van der Waals surface area contributed by atoms with Crippen LogP contribution in [-0.2, 0) is 9.47 Å². The van der Waals surface area contributed by atoms with Crippen molar-refractivity contribution in [2.75, 3.05) is 13.2 Å². The van der Waals surface area contributed by atoms with Crippen LogP contribution in [0.25, 0.3) is 0 Å². The number of unbranched alkanes of at least 4 members (excludes halogenated alkanes) is 13. The van der Waals surface area contributed by atoms with Gasteiger partial charge >= 0.3 is 0 Å². The number of aliphatic hydroxyl groups excluding tert-OH is 3. The molecule has 166 valence electrons. The third-order valence-electron chi connectivity index (χ3n) is 5.56. The van der Waals surface area contributed by atoms with Gasteiger partial charge in [-0.05, 0) is 18.9 Å². The molecule has 0 spiro atoms. The van der Waals surface area contributed by atoms with Crippen molar-refractivity contribution in [3.63, 3.8) is 0 Å². The fraction of sp³-hybridized carbons (Fsp3) is 0.913. The van der Waals surface area contributed by atoms with Gasteiger partial charge < -0.3 is 24.8 Å². The van der Waals surface area contributed by atoms with Crippen molar-refractivity contribution < 1.29 is 24.8 Å². The van der Waals surface area contributed by atoms with Gasteiger partial charge in [-0.2, -0.15) is 0 Å². The third kappa shape index (κ3) is 11.4. The Morgan fingerprint density at radius 3 is 2.00 bits per heavy atom. The van der Waals surface area contributed by atoms with Crippen LogP contribution in [0.15, 0.2) is 12.3 Å². The van der Waals surface area contributed by atoms with Crippen LogP contribution in [-0.4, -0.2) is 52.9 Å². The molecule has 0 unspecified atom stereocenters. The number of rotatable bonds is 18. The average molecular weight is 401 g/mol. The molecule has 5 nitrogen and oxygen atoms in total. The molecule has 5 heteroatoms. The average Bonchev–Trinajstić information content (AvgIpc) is 3.07. The summed E-state index contributed by atoms with van der Waals surface area (Å²) < 4.78 is 10.8. The molecular formula is C23H44O5. The zero-order valence-electron chi connectivity index (χ0n) is 17.9. The Morgan fingerprint density at radius 2 is 1.46 bits per heavy atom. The van der Waals surface area contributed by atoms with Gasteiger partial charge in [0.2, 0.25) is 0 Å². The van der Waals surface area contributed by atoms with E-state index in [9.17, 15) is 10.2 Å². The molecule has 3 N–H and O–H groups in total. The van der Waals surface area contributed by atoms with E-state index in [-0.39, 0.29) is 6.61 Å². The van der Waals surface area contributed by atoms with Crippen molar-refractivity contribution in [3.05, 3.63) is 12.3 Å². The van der Waals surface area contributed by atoms with Crippen LogP contribution >= 0.6 is 0 Å². The fourth-order valence-electron chi connectivity index (χ4n) is 3.68. The second kappa shape index (κ2) is 17.3. The molecule has 28 heavy (non-hydrogen) atoms. The first-order chi connectivity index (χ1) is 13.7. The molecule has 0 radical (unpaired) electrons. The van der Waals surface area contributed by atoms with Crippen molar-refractivity contribution in [3.8, 4) is 0 Å². The summed E-state index contributed by atoms with van der Waals surface area (Å²) in [6.07, 6.45) is 19.0. The monoisotopic (exact) mass is 400 g/mol. The van der Waals surface area contributed by atoms with Crippen LogP contribution < -0.4 is 0 Å². The largest absolute Gasteiger partial charge is 0.493 e. The first-order valence-electron chi connectivity index (χ1n) is 11.6. The van der Waals surface area contributed by atoms with Crippen molar-refractivity contribution >= 4 is 0 Å². The summed E-state index contributed by atoms with van der Waals surface area (Å²) in [7, 11) is 0. The van der Waals surface area contributed by atoms with Gasteiger partial charge in [0.05, 0.1) is 19.5 Å². The maximum absolute atomic E-state index is 10.0. The summed E-state index contributed by atoms with van der Waals surface area (Å²) in [5.74, 6) is 0. The standard InChI is InChI=1S/C23H44O5/c1-2-3-4-5-6-7-8-9-10-11-12-13-14-15-16-17-27-21-19-28-23(22(21)26)20(25)18-24/h16-17,20-26H,2-15,18-19H2,1H3/b17-16+/t20-,21+,22-,23-/m0/s1. The molecule has 1 rings (SSSR count). The SMILES string of the molecule is CCCCCCCCCCCCCCC/C=C/O[C@@H]1CO[C@@H]([C@@H](O)CO)[C@H]1O. The number of ether oxygens (including phenoxy) is 2. The molecule has 1 aliphatic heterocycles. The summed E-state index contributed by atoms with van der Waals surface area (Å²) in [5.41, 5.74) is 0. The molecule has 4 atom stereocenters. The molecule has 1 heterocycles. The summed E-state index contributed by atoms with van der Waals surface area (Å²) in [5, 5.41) is 28.5. The molecule has 1 aliphatic rings. The van der Waals surface area contributed by atoms with Gasteiger partial charge in [-0.3, -0.25) is 0 Å². The summed E-state index contributed by atoms with van der Waals surface area (Å²) in [6.45, 7) is 2.07. The lowest BCUT2D eigenvalue weighted by atomic mass is 10.0. The maximum Gasteiger partial charge on any atom is 0.149 e. The minimum Gasteiger partial charge on any atom is -0.493 e. The lowest BCUT2D eigenvalue weighted by Gasteiger charge is -2.20. The van der Waals surface area contributed by atoms with Crippen molar-refractivity contribution in [1.29, 1.82) is 0 Å². The van der Waals surface area contributed by atoms with Crippen LogP contribution in [0, 0.1) is 0 Å². The highest BCUT2D eigenvalue weighted by molar-refractivity contribution is 4.90. The molecule has 1 fully saturated rings. The normalized spacial score (nSPS) is 23.5. The first-order valence-corrected chi connectivity index (χ1v) is 11.6. The van der Waals surface area contributed by atoms with E-state index in [2.05, 4.69) is 6.92 Å². The Kier molecular flexibility index (Phi) is 15.7. The Bertz CT molecular complexity index is 374. The quantitative estimate of drug-likeness (QED) is 0.233. The minimum absolute atomic E-state index is 0.228. The Labute approximate surface area is 172 Å². The maximum atomic E-state index is 10.0. The second-order valence-electron chi connectivity index (χ2n) is 8.12. The predicted molar refractivity (Wildman–Crippen MR) is 113 cm³/mol.